The van der Waals surface area contributed by atoms with Crippen LogP contribution in [0, 0.1) is 5.92 Å². The van der Waals surface area contributed by atoms with Gasteiger partial charge in [-0.2, -0.15) is 0 Å². The van der Waals surface area contributed by atoms with Gasteiger partial charge in [0.25, 0.3) is 0 Å². The molecular formula is C8H13N3O. The lowest BCUT2D eigenvalue weighted by molar-refractivity contribution is 0.224. The van der Waals surface area contributed by atoms with Crippen LogP contribution in [0.25, 0.3) is 0 Å². The van der Waals surface area contributed by atoms with Crippen molar-refractivity contribution in [1.29, 1.82) is 0 Å². The fourth-order valence-electron chi connectivity index (χ4n) is 1.70. The van der Waals surface area contributed by atoms with Gasteiger partial charge in [0.15, 0.2) is 0 Å². The lowest BCUT2D eigenvalue weighted by Gasteiger charge is -2.03. The standard InChI is InChI=1S/C8H13N3O/c1-2-7-9-10-8-3-6(5-12)4-11(7)8/h6,12H,2-5H2,1H3. The Morgan fingerprint density at radius 1 is 1.58 bits per heavy atom. The highest BCUT2D eigenvalue weighted by Crippen LogP contribution is 2.19. The molecule has 66 valence electrons. The molecule has 0 aliphatic carbocycles. The van der Waals surface area contributed by atoms with E-state index in [1.54, 1.807) is 0 Å². The summed E-state index contributed by atoms with van der Waals surface area (Å²) < 4.78 is 2.13. The van der Waals surface area contributed by atoms with Gasteiger partial charge >= 0.3 is 0 Å². The molecule has 0 saturated carbocycles. The third-order valence-electron chi connectivity index (χ3n) is 2.39. The van der Waals surface area contributed by atoms with Crippen molar-refractivity contribution < 1.29 is 5.11 Å². The number of fused-ring (bicyclic) bond motifs is 1. The van der Waals surface area contributed by atoms with Crippen LogP contribution in [0.1, 0.15) is 18.6 Å². The third-order valence-corrected chi connectivity index (χ3v) is 2.39. The van der Waals surface area contributed by atoms with E-state index in [9.17, 15) is 0 Å². The predicted molar refractivity (Wildman–Crippen MR) is 43.7 cm³/mol. The first-order chi connectivity index (χ1) is 5.85. The molecule has 1 aromatic rings. The van der Waals surface area contributed by atoms with Crippen molar-refractivity contribution in [3.05, 3.63) is 11.6 Å². The summed E-state index contributed by atoms with van der Waals surface area (Å²) in [6, 6.07) is 0. The number of hydrogen-bond donors (Lipinski definition) is 1. The van der Waals surface area contributed by atoms with Crippen LogP contribution in [0.15, 0.2) is 0 Å². The van der Waals surface area contributed by atoms with E-state index in [1.165, 1.54) is 0 Å². The van der Waals surface area contributed by atoms with Crippen molar-refractivity contribution in [1.82, 2.24) is 14.8 Å². The number of rotatable bonds is 2. The number of aryl methyl sites for hydroxylation is 1. The molecule has 0 saturated heterocycles. The lowest BCUT2D eigenvalue weighted by atomic mass is 10.1. The maximum Gasteiger partial charge on any atom is 0.133 e. The van der Waals surface area contributed by atoms with Crippen LogP contribution in [0.2, 0.25) is 0 Å². The number of hydrogen-bond acceptors (Lipinski definition) is 3. The molecule has 1 unspecified atom stereocenters. The third kappa shape index (κ3) is 1.03. The van der Waals surface area contributed by atoms with E-state index in [-0.39, 0.29) is 6.61 Å². The number of aromatic nitrogens is 3. The van der Waals surface area contributed by atoms with Gasteiger partial charge in [0.05, 0.1) is 0 Å². The smallest absolute Gasteiger partial charge is 0.133 e. The summed E-state index contributed by atoms with van der Waals surface area (Å²) >= 11 is 0. The van der Waals surface area contributed by atoms with Gasteiger partial charge in [-0.1, -0.05) is 6.92 Å². The second-order valence-corrected chi connectivity index (χ2v) is 3.25. The van der Waals surface area contributed by atoms with Gasteiger partial charge in [0, 0.05) is 31.9 Å². The normalized spacial score (nSPS) is 21.3. The van der Waals surface area contributed by atoms with E-state index in [4.69, 9.17) is 5.11 Å². The zero-order chi connectivity index (χ0) is 8.55. The molecule has 0 aromatic carbocycles. The van der Waals surface area contributed by atoms with E-state index in [2.05, 4.69) is 21.7 Å². The summed E-state index contributed by atoms with van der Waals surface area (Å²) in [5, 5.41) is 17.1. The highest BCUT2D eigenvalue weighted by Gasteiger charge is 2.24. The van der Waals surface area contributed by atoms with Crippen LogP contribution in [0.5, 0.6) is 0 Å². The minimum Gasteiger partial charge on any atom is -0.396 e. The fraction of sp³-hybridized carbons (Fsp3) is 0.750. The van der Waals surface area contributed by atoms with Crippen molar-refractivity contribution in [2.45, 2.75) is 26.3 Å². The topological polar surface area (TPSA) is 50.9 Å². The Balaban J connectivity index is 2.25. The highest BCUT2D eigenvalue weighted by molar-refractivity contribution is 5.02. The lowest BCUT2D eigenvalue weighted by Crippen LogP contribution is -2.09. The van der Waals surface area contributed by atoms with Crippen molar-refractivity contribution >= 4 is 0 Å². The summed E-state index contributed by atoms with van der Waals surface area (Å²) in [4.78, 5) is 0. The molecule has 0 fully saturated rings. The molecule has 4 heteroatoms. The second-order valence-electron chi connectivity index (χ2n) is 3.25. The first-order valence-electron chi connectivity index (χ1n) is 4.37. The van der Waals surface area contributed by atoms with E-state index in [0.29, 0.717) is 5.92 Å². The summed E-state index contributed by atoms with van der Waals surface area (Å²) in [5.41, 5.74) is 0. The fourth-order valence-corrected chi connectivity index (χ4v) is 1.70. The van der Waals surface area contributed by atoms with Crippen LogP contribution in [-0.2, 0) is 19.4 Å². The van der Waals surface area contributed by atoms with Crippen LogP contribution in [-0.4, -0.2) is 26.5 Å². The van der Waals surface area contributed by atoms with Crippen molar-refractivity contribution in [3.63, 3.8) is 0 Å². The van der Waals surface area contributed by atoms with Gasteiger partial charge in [-0.05, 0) is 0 Å². The Bertz CT molecular complexity index is 282. The average molecular weight is 167 g/mol. The largest absolute Gasteiger partial charge is 0.396 e. The molecule has 1 aliphatic heterocycles. The molecule has 1 aromatic heterocycles. The Hall–Kier alpha value is -0.900. The molecule has 4 nitrogen and oxygen atoms in total. The molecular weight excluding hydrogens is 154 g/mol. The quantitative estimate of drug-likeness (QED) is 0.674. The molecule has 1 atom stereocenters. The van der Waals surface area contributed by atoms with Gasteiger partial charge in [0.1, 0.15) is 11.6 Å². The molecule has 0 spiro atoms. The zero-order valence-corrected chi connectivity index (χ0v) is 7.19. The van der Waals surface area contributed by atoms with E-state index < -0.39 is 0 Å². The average Bonchev–Trinajstić information content (AvgIpc) is 2.61. The maximum atomic E-state index is 8.96. The first-order valence-corrected chi connectivity index (χ1v) is 4.37. The monoisotopic (exact) mass is 167 g/mol. The molecule has 12 heavy (non-hydrogen) atoms. The summed E-state index contributed by atoms with van der Waals surface area (Å²) in [7, 11) is 0. The number of nitrogens with zero attached hydrogens (tertiary/aromatic N) is 3. The summed E-state index contributed by atoms with van der Waals surface area (Å²) in [6.45, 7) is 3.22. The Kier molecular flexibility index (Phi) is 1.84. The predicted octanol–water partition coefficient (Wildman–Crippen LogP) is 0.00510. The van der Waals surface area contributed by atoms with Crippen LogP contribution in [0.4, 0.5) is 0 Å². The van der Waals surface area contributed by atoms with E-state index >= 15 is 0 Å². The van der Waals surface area contributed by atoms with Crippen LogP contribution in [0.3, 0.4) is 0 Å². The molecule has 2 heterocycles. The highest BCUT2D eigenvalue weighted by atomic mass is 16.3. The number of aliphatic hydroxyl groups excluding tert-OH is 1. The molecule has 0 radical (unpaired) electrons. The second kappa shape index (κ2) is 2.86. The Morgan fingerprint density at radius 3 is 3.08 bits per heavy atom. The van der Waals surface area contributed by atoms with Crippen molar-refractivity contribution in [2.75, 3.05) is 6.61 Å². The molecule has 1 aliphatic rings. The molecule has 1 N–H and O–H groups in total. The minimum absolute atomic E-state index is 0.256. The molecule has 2 rings (SSSR count). The van der Waals surface area contributed by atoms with Crippen molar-refractivity contribution in [2.24, 2.45) is 5.92 Å². The van der Waals surface area contributed by atoms with Gasteiger partial charge < -0.3 is 9.67 Å². The molecule has 0 bridgehead atoms. The van der Waals surface area contributed by atoms with Gasteiger partial charge in [-0.25, -0.2) is 0 Å². The Morgan fingerprint density at radius 2 is 2.42 bits per heavy atom. The summed E-state index contributed by atoms with van der Waals surface area (Å²) in [6.07, 6.45) is 1.80. The zero-order valence-electron chi connectivity index (χ0n) is 7.19. The van der Waals surface area contributed by atoms with Gasteiger partial charge in [-0.15, -0.1) is 10.2 Å². The summed E-state index contributed by atoms with van der Waals surface area (Å²) in [5.74, 6) is 2.44. The van der Waals surface area contributed by atoms with Crippen LogP contribution < -0.4 is 0 Å². The van der Waals surface area contributed by atoms with Crippen molar-refractivity contribution in [3.8, 4) is 0 Å². The molecule has 0 amide bonds. The number of aliphatic hydroxyl groups is 1. The Labute approximate surface area is 71.2 Å². The SMILES string of the molecule is CCc1nnc2n1CC(CO)C2. The minimum atomic E-state index is 0.256. The van der Waals surface area contributed by atoms with E-state index in [0.717, 1.165) is 31.0 Å². The first kappa shape index (κ1) is 7.73. The van der Waals surface area contributed by atoms with Gasteiger partial charge in [-0.3, -0.25) is 0 Å². The van der Waals surface area contributed by atoms with E-state index in [1.807, 2.05) is 0 Å². The van der Waals surface area contributed by atoms with Gasteiger partial charge in [0.2, 0.25) is 0 Å². The maximum absolute atomic E-state index is 8.96. The van der Waals surface area contributed by atoms with Crippen LogP contribution >= 0.6 is 0 Å².